The maximum atomic E-state index is 13.0. The van der Waals surface area contributed by atoms with Crippen LogP contribution in [-0.4, -0.2) is 34.0 Å². The topological polar surface area (TPSA) is 81.9 Å². The number of carbonyl (C=O) groups excluding carboxylic acids is 1. The average Bonchev–Trinajstić information content (AvgIpc) is 2.80. The van der Waals surface area contributed by atoms with Crippen molar-refractivity contribution in [3.8, 4) is 11.5 Å². The van der Waals surface area contributed by atoms with E-state index in [9.17, 15) is 9.59 Å². The number of benzene rings is 1. The van der Waals surface area contributed by atoms with E-state index in [1.165, 1.54) is 10.6 Å². The molecule has 0 bridgehead atoms. The molecule has 1 aliphatic carbocycles. The minimum atomic E-state index is -0.415. The summed E-state index contributed by atoms with van der Waals surface area (Å²) >= 11 is 0. The summed E-state index contributed by atoms with van der Waals surface area (Å²) in [5.74, 6) is 1.14. The summed E-state index contributed by atoms with van der Waals surface area (Å²) in [5, 5.41) is 3.02. The maximum absolute atomic E-state index is 13.0. The SMILES string of the molecule is CCCOc1ccc(OC2CCCCC2NC(=O)c2cnc3ccc(C)cn3c2=O)cc1. The minimum absolute atomic E-state index is 0.0369. The Morgan fingerprint density at radius 2 is 1.88 bits per heavy atom. The van der Waals surface area contributed by atoms with Crippen LogP contribution in [-0.2, 0) is 0 Å². The van der Waals surface area contributed by atoms with E-state index in [4.69, 9.17) is 9.47 Å². The molecule has 1 aliphatic rings. The van der Waals surface area contributed by atoms with Crippen molar-refractivity contribution in [2.45, 2.75) is 58.1 Å². The number of carbonyl (C=O) groups is 1. The van der Waals surface area contributed by atoms with Crippen LogP contribution in [0.5, 0.6) is 11.5 Å². The van der Waals surface area contributed by atoms with Crippen molar-refractivity contribution in [2.24, 2.45) is 0 Å². The third kappa shape index (κ3) is 4.93. The van der Waals surface area contributed by atoms with E-state index in [0.717, 1.165) is 49.2 Å². The number of rotatable bonds is 7. The zero-order chi connectivity index (χ0) is 22.5. The molecule has 0 spiro atoms. The Kier molecular flexibility index (Phi) is 6.73. The fraction of sp³-hybridized carbons (Fsp3) is 0.400. The van der Waals surface area contributed by atoms with Crippen molar-refractivity contribution in [3.63, 3.8) is 0 Å². The fourth-order valence-corrected chi connectivity index (χ4v) is 4.00. The number of nitrogens with one attached hydrogen (secondary N) is 1. The van der Waals surface area contributed by atoms with E-state index in [0.29, 0.717) is 12.3 Å². The van der Waals surface area contributed by atoms with Gasteiger partial charge in [0.2, 0.25) is 0 Å². The average molecular weight is 436 g/mol. The lowest BCUT2D eigenvalue weighted by Gasteiger charge is -2.32. The minimum Gasteiger partial charge on any atom is -0.494 e. The van der Waals surface area contributed by atoms with Crippen molar-refractivity contribution < 1.29 is 14.3 Å². The number of hydrogen-bond acceptors (Lipinski definition) is 5. The van der Waals surface area contributed by atoms with E-state index >= 15 is 0 Å². The summed E-state index contributed by atoms with van der Waals surface area (Å²) in [5.41, 5.74) is 1.11. The molecule has 0 radical (unpaired) electrons. The van der Waals surface area contributed by atoms with Crippen LogP contribution >= 0.6 is 0 Å². The van der Waals surface area contributed by atoms with Gasteiger partial charge in [0.05, 0.1) is 12.6 Å². The highest BCUT2D eigenvalue weighted by Gasteiger charge is 2.29. The van der Waals surface area contributed by atoms with E-state index in [1.54, 1.807) is 12.3 Å². The number of nitrogens with zero attached hydrogens (tertiary/aromatic N) is 2. The van der Waals surface area contributed by atoms with Gasteiger partial charge in [0.1, 0.15) is 28.8 Å². The van der Waals surface area contributed by atoms with E-state index < -0.39 is 5.91 Å². The number of aromatic nitrogens is 2. The molecule has 32 heavy (non-hydrogen) atoms. The van der Waals surface area contributed by atoms with Gasteiger partial charge in [-0.2, -0.15) is 0 Å². The molecule has 2 atom stereocenters. The second kappa shape index (κ2) is 9.85. The van der Waals surface area contributed by atoms with Gasteiger partial charge in [-0.15, -0.1) is 0 Å². The quantitative estimate of drug-likeness (QED) is 0.608. The number of hydrogen-bond donors (Lipinski definition) is 1. The van der Waals surface area contributed by atoms with Crippen LogP contribution in [0.4, 0.5) is 0 Å². The molecule has 3 aromatic rings. The normalized spacial score (nSPS) is 18.3. The van der Waals surface area contributed by atoms with Crippen LogP contribution in [0.25, 0.3) is 5.65 Å². The third-order valence-corrected chi connectivity index (χ3v) is 5.70. The molecule has 1 N–H and O–H groups in total. The zero-order valence-electron chi connectivity index (χ0n) is 18.5. The van der Waals surface area contributed by atoms with Crippen LogP contribution in [0.15, 0.2) is 53.6 Å². The first kappa shape index (κ1) is 21.9. The Hall–Kier alpha value is -3.35. The predicted molar refractivity (Wildman–Crippen MR) is 123 cm³/mol. The van der Waals surface area contributed by atoms with Crippen molar-refractivity contribution in [3.05, 3.63) is 70.3 Å². The first-order valence-corrected chi connectivity index (χ1v) is 11.2. The predicted octanol–water partition coefficient (Wildman–Crippen LogP) is 3.91. The standard InChI is InChI=1S/C25H29N3O4/c1-3-14-31-18-9-11-19(12-10-18)32-22-7-5-4-6-21(22)27-24(29)20-15-26-23-13-8-17(2)16-28(23)25(20)30/h8-13,15-16,21-22H,3-7,14H2,1-2H3,(H,27,29). The lowest BCUT2D eigenvalue weighted by molar-refractivity contribution is 0.0796. The number of pyridine rings is 1. The molecule has 1 amide bonds. The first-order chi connectivity index (χ1) is 15.5. The highest BCUT2D eigenvalue weighted by atomic mass is 16.5. The summed E-state index contributed by atoms with van der Waals surface area (Å²) in [4.78, 5) is 30.1. The smallest absolute Gasteiger partial charge is 0.270 e. The van der Waals surface area contributed by atoms with Crippen LogP contribution in [0.2, 0.25) is 0 Å². The molecule has 7 nitrogen and oxygen atoms in total. The summed E-state index contributed by atoms with van der Waals surface area (Å²) in [6.45, 7) is 4.64. The van der Waals surface area contributed by atoms with Crippen molar-refractivity contribution in [1.29, 1.82) is 0 Å². The molecule has 1 saturated carbocycles. The molecule has 4 rings (SSSR count). The lowest BCUT2D eigenvalue weighted by atomic mass is 9.92. The van der Waals surface area contributed by atoms with Gasteiger partial charge in [0.25, 0.3) is 11.5 Å². The van der Waals surface area contributed by atoms with Gasteiger partial charge in [-0.25, -0.2) is 4.98 Å². The Morgan fingerprint density at radius 1 is 1.12 bits per heavy atom. The first-order valence-electron chi connectivity index (χ1n) is 11.2. The van der Waals surface area contributed by atoms with Crippen LogP contribution in [0.3, 0.4) is 0 Å². The number of ether oxygens (including phenoxy) is 2. The van der Waals surface area contributed by atoms with Crippen molar-refractivity contribution in [2.75, 3.05) is 6.61 Å². The van der Waals surface area contributed by atoms with Crippen molar-refractivity contribution >= 4 is 11.6 Å². The molecule has 2 heterocycles. The summed E-state index contributed by atoms with van der Waals surface area (Å²) < 4.78 is 13.3. The molecule has 1 fully saturated rings. The fourth-order valence-electron chi connectivity index (χ4n) is 4.00. The zero-order valence-corrected chi connectivity index (χ0v) is 18.5. The molecule has 7 heteroatoms. The van der Waals surface area contributed by atoms with E-state index in [2.05, 4.69) is 17.2 Å². The lowest BCUT2D eigenvalue weighted by Crippen LogP contribution is -2.48. The van der Waals surface area contributed by atoms with Gasteiger partial charge < -0.3 is 14.8 Å². The number of fused-ring (bicyclic) bond motifs is 1. The maximum Gasteiger partial charge on any atom is 0.270 e. The van der Waals surface area contributed by atoms with Gasteiger partial charge in [-0.3, -0.25) is 14.0 Å². The third-order valence-electron chi connectivity index (χ3n) is 5.70. The molecule has 1 aromatic carbocycles. The van der Waals surface area contributed by atoms with Crippen LogP contribution < -0.4 is 20.3 Å². The van der Waals surface area contributed by atoms with E-state index in [-0.39, 0.29) is 23.3 Å². The molecule has 168 valence electrons. The second-order valence-electron chi connectivity index (χ2n) is 8.25. The van der Waals surface area contributed by atoms with Crippen LogP contribution in [0, 0.1) is 6.92 Å². The Labute approximate surface area is 187 Å². The largest absolute Gasteiger partial charge is 0.494 e. The van der Waals surface area contributed by atoms with Gasteiger partial charge in [-0.1, -0.05) is 19.4 Å². The molecule has 0 saturated heterocycles. The number of amides is 1. The second-order valence-corrected chi connectivity index (χ2v) is 8.25. The summed E-state index contributed by atoms with van der Waals surface area (Å²) in [6.07, 6.45) is 7.53. The van der Waals surface area contributed by atoms with Gasteiger partial charge >= 0.3 is 0 Å². The highest BCUT2D eigenvalue weighted by molar-refractivity contribution is 5.94. The van der Waals surface area contributed by atoms with Gasteiger partial charge in [-0.05, 0) is 68.5 Å². The van der Waals surface area contributed by atoms with Gasteiger partial charge in [0, 0.05) is 12.4 Å². The summed E-state index contributed by atoms with van der Waals surface area (Å²) in [6, 6.07) is 11.0. The molecule has 2 unspecified atom stereocenters. The van der Waals surface area contributed by atoms with Crippen LogP contribution in [0.1, 0.15) is 54.9 Å². The Morgan fingerprint density at radius 3 is 2.66 bits per heavy atom. The monoisotopic (exact) mass is 435 g/mol. The highest BCUT2D eigenvalue weighted by Crippen LogP contribution is 2.26. The number of aryl methyl sites for hydroxylation is 1. The van der Waals surface area contributed by atoms with Crippen molar-refractivity contribution in [1.82, 2.24) is 14.7 Å². The Bertz CT molecular complexity index is 1140. The Balaban J connectivity index is 1.47. The summed E-state index contributed by atoms with van der Waals surface area (Å²) in [7, 11) is 0. The molecular weight excluding hydrogens is 406 g/mol. The van der Waals surface area contributed by atoms with Gasteiger partial charge in [0.15, 0.2) is 0 Å². The molecule has 2 aromatic heterocycles. The molecular formula is C25H29N3O4. The van der Waals surface area contributed by atoms with E-state index in [1.807, 2.05) is 37.3 Å². The molecule has 0 aliphatic heterocycles.